The molecule has 5 rings (SSSR count). The normalized spacial score (nSPS) is 13.6. The van der Waals surface area contributed by atoms with Gasteiger partial charge >= 0.3 is 5.97 Å². The molecule has 0 aromatic heterocycles. The number of aliphatic carboxylic acids is 1. The van der Waals surface area contributed by atoms with Crippen molar-refractivity contribution in [1.29, 1.82) is 10.8 Å². The monoisotopic (exact) mass is 1510 g/mol. The maximum absolute atomic E-state index is 15.1. The van der Waals surface area contributed by atoms with Crippen molar-refractivity contribution >= 4 is 99.5 Å². The number of guanidine groups is 2. The molecular weight excluding hydrogens is 1410 g/mol. The summed E-state index contributed by atoms with van der Waals surface area (Å²) < 4.78 is 0. The number of carbonyl (C=O) groups excluding carboxylic acids is 12. The molecule has 0 radical (unpaired) electrons. The van der Waals surface area contributed by atoms with E-state index in [0.717, 1.165) is 10.8 Å². The Morgan fingerprint density at radius 2 is 0.853 bits per heavy atom. The molecule has 0 unspecified atom stereocenters. The zero-order valence-corrected chi connectivity index (χ0v) is 61.7. The first-order valence-corrected chi connectivity index (χ1v) is 35.8. The van der Waals surface area contributed by atoms with Crippen LogP contribution in [0.5, 0.6) is 5.75 Å². The quantitative estimate of drug-likeness (QED) is 0.0120. The second-order valence-electron chi connectivity index (χ2n) is 27.1. The van der Waals surface area contributed by atoms with Crippen LogP contribution in [0.1, 0.15) is 108 Å². The highest BCUT2D eigenvalue weighted by atomic mass is 16.4. The fraction of sp³-hybridized carbons (Fsp3) is 0.427. The molecule has 34 heteroatoms. The van der Waals surface area contributed by atoms with E-state index in [1.54, 1.807) is 117 Å². The number of carboxylic acids is 1. The summed E-state index contributed by atoms with van der Waals surface area (Å²) in [5.41, 5.74) is 23.0. The van der Waals surface area contributed by atoms with E-state index >= 15 is 4.79 Å². The van der Waals surface area contributed by atoms with Crippen molar-refractivity contribution in [2.75, 3.05) is 26.2 Å². The molecule has 0 fully saturated rings. The van der Waals surface area contributed by atoms with Gasteiger partial charge in [0.25, 0.3) is 0 Å². The second kappa shape index (κ2) is 44.0. The highest BCUT2D eigenvalue weighted by Gasteiger charge is 2.38. The third-order valence-corrected chi connectivity index (χ3v) is 17.3. The van der Waals surface area contributed by atoms with Gasteiger partial charge in [0.1, 0.15) is 59.6 Å². The van der Waals surface area contributed by atoms with Crippen molar-refractivity contribution in [2.24, 2.45) is 28.9 Å². The first-order chi connectivity index (χ1) is 51.7. The lowest BCUT2D eigenvalue weighted by molar-refractivity contribution is -0.141. The zero-order valence-electron chi connectivity index (χ0n) is 61.7. The number of carboxylic acid groups (broad SMARTS) is 1. The number of phenols is 1. The Bertz CT molecular complexity index is 3980. The molecule has 0 aliphatic carbocycles. The second-order valence-corrected chi connectivity index (χ2v) is 27.1. The predicted octanol–water partition coefficient (Wildman–Crippen LogP) is -1.52. The lowest BCUT2D eigenvalue weighted by Gasteiger charge is -2.30. The van der Waals surface area contributed by atoms with E-state index in [2.05, 4.69) is 69.1 Å². The Kier molecular flexibility index (Phi) is 35.3. The predicted molar refractivity (Wildman–Crippen MR) is 406 cm³/mol. The van der Waals surface area contributed by atoms with Gasteiger partial charge in [-0.1, -0.05) is 149 Å². The van der Waals surface area contributed by atoms with Gasteiger partial charge in [-0.15, -0.1) is 0 Å². The minimum absolute atomic E-state index is 0.00459. The summed E-state index contributed by atoms with van der Waals surface area (Å²) in [5.74, 6) is -13.6. The first-order valence-electron chi connectivity index (χ1n) is 35.8. The van der Waals surface area contributed by atoms with Crippen molar-refractivity contribution < 1.29 is 72.5 Å². The van der Waals surface area contributed by atoms with Gasteiger partial charge < -0.3 is 102 Å². The Morgan fingerprint density at radius 1 is 0.440 bits per heavy atom. The maximum atomic E-state index is 15.1. The van der Waals surface area contributed by atoms with Crippen molar-refractivity contribution in [3.05, 3.63) is 150 Å². The number of benzene rings is 5. The van der Waals surface area contributed by atoms with Crippen LogP contribution < -0.4 is 92.1 Å². The highest BCUT2D eigenvalue weighted by Crippen LogP contribution is 2.19. The van der Waals surface area contributed by atoms with Crippen LogP contribution in [-0.2, 0) is 88.0 Å². The van der Waals surface area contributed by atoms with E-state index in [0.29, 0.717) is 35.1 Å². The molecule has 25 N–H and O–H groups in total. The minimum Gasteiger partial charge on any atom is -0.508 e. The molecule has 0 saturated heterocycles. The number of nitrogens with two attached hydrogens (primary N) is 4. The van der Waals surface area contributed by atoms with Crippen molar-refractivity contribution in [2.45, 2.75) is 172 Å². The fourth-order valence-corrected chi connectivity index (χ4v) is 11.4. The number of aromatic hydroxyl groups is 1. The fourth-order valence-electron chi connectivity index (χ4n) is 11.4. The molecule has 5 aromatic carbocycles. The number of amides is 12. The molecule has 0 spiro atoms. The lowest BCUT2D eigenvalue weighted by Crippen LogP contribution is -2.62. The van der Waals surface area contributed by atoms with Crippen LogP contribution in [0.2, 0.25) is 0 Å². The van der Waals surface area contributed by atoms with Crippen LogP contribution in [0.4, 0.5) is 0 Å². The summed E-state index contributed by atoms with van der Waals surface area (Å²) >= 11 is 0. The van der Waals surface area contributed by atoms with E-state index in [1.165, 1.54) is 26.0 Å². The van der Waals surface area contributed by atoms with Gasteiger partial charge in [-0.2, -0.15) is 0 Å². The largest absolute Gasteiger partial charge is 0.508 e. The average Bonchev–Trinajstić information content (AvgIpc) is 0.828. The Hall–Kier alpha value is -12.2. The molecule has 588 valence electrons. The average molecular weight is 1510 g/mol. The summed E-state index contributed by atoms with van der Waals surface area (Å²) in [6.45, 7) is 6.64. The van der Waals surface area contributed by atoms with E-state index in [9.17, 15) is 67.7 Å². The topological polar surface area (TPSA) is 571 Å². The minimum atomic E-state index is -1.97. The van der Waals surface area contributed by atoms with E-state index < -0.39 is 174 Å². The van der Waals surface area contributed by atoms with Crippen molar-refractivity contribution in [3.8, 4) is 5.75 Å². The summed E-state index contributed by atoms with van der Waals surface area (Å²) in [7, 11) is 0. The molecular formula is C75H103N19O15. The van der Waals surface area contributed by atoms with Crippen molar-refractivity contribution in [3.63, 3.8) is 0 Å². The van der Waals surface area contributed by atoms with Gasteiger partial charge in [0.2, 0.25) is 70.9 Å². The Labute approximate surface area is 631 Å². The molecule has 9 atom stereocenters. The molecule has 109 heavy (non-hydrogen) atoms. The Balaban J connectivity index is 1.39. The van der Waals surface area contributed by atoms with Crippen LogP contribution in [0, 0.1) is 16.7 Å². The maximum Gasteiger partial charge on any atom is 0.305 e. The number of carbonyl (C=O) groups is 13. The molecule has 0 aliphatic rings. The van der Waals surface area contributed by atoms with E-state index in [4.69, 9.17) is 33.8 Å². The molecule has 12 amide bonds. The van der Waals surface area contributed by atoms with Gasteiger partial charge in [0, 0.05) is 32.4 Å². The highest BCUT2D eigenvalue weighted by molar-refractivity contribution is 6.00. The van der Waals surface area contributed by atoms with Crippen LogP contribution in [-0.4, -0.2) is 185 Å². The number of hydrogen-bond acceptors (Lipinski definition) is 17. The van der Waals surface area contributed by atoms with Crippen LogP contribution in [0.3, 0.4) is 0 Å². The summed E-state index contributed by atoms with van der Waals surface area (Å²) in [6.07, 6.45) is -0.716. The molecule has 0 saturated carbocycles. The number of hydrogen-bond donors (Lipinski definition) is 21. The summed E-state index contributed by atoms with van der Waals surface area (Å²) in [4.78, 5) is 181. The first kappa shape index (κ1) is 87.4. The molecule has 34 nitrogen and oxygen atoms in total. The molecule has 0 aliphatic heterocycles. The molecule has 0 heterocycles. The van der Waals surface area contributed by atoms with E-state index in [-0.39, 0.29) is 76.6 Å². The van der Waals surface area contributed by atoms with E-state index in [1.807, 2.05) is 19.1 Å². The SMILES string of the molecule is CCCC[C@H](NC(=O)[C@@H](NC(=O)[C@@H](N)Cc1ccc(O)cc1)C(C)C)C(=O)NCC(=O)NC(C)(C)C(=O)N[C@@H](Cc1ccccc1)C(=O)N[C@@H](CCCNC(=N)N)C(=O)N[C@@H](Cc1ccc2ccccc2c1)C(=O)N[C@@H](CC(=O)O)C(=O)N[C@@H](CCCNC(=N)N)C(=O)N[C@@H](Cc1ccccc1)C(=O)NCC(N)=O. The number of primary amides is 1. The van der Waals surface area contributed by atoms with Gasteiger partial charge in [-0.25, -0.2) is 0 Å². The van der Waals surface area contributed by atoms with Crippen LogP contribution >= 0.6 is 0 Å². The number of nitrogens with one attached hydrogen (secondary N) is 15. The van der Waals surface area contributed by atoms with Crippen molar-refractivity contribution in [1.82, 2.24) is 69.1 Å². The summed E-state index contributed by atoms with van der Waals surface area (Å²) in [5, 5.41) is 70.4. The van der Waals surface area contributed by atoms with Crippen LogP contribution in [0.25, 0.3) is 10.8 Å². The Morgan fingerprint density at radius 3 is 1.37 bits per heavy atom. The third kappa shape index (κ3) is 31.0. The zero-order chi connectivity index (χ0) is 80.3. The van der Waals surface area contributed by atoms with Gasteiger partial charge in [-0.05, 0) is 103 Å². The van der Waals surface area contributed by atoms with Gasteiger partial charge in [0.05, 0.1) is 25.6 Å². The summed E-state index contributed by atoms with van der Waals surface area (Å²) in [6, 6.07) is 22.3. The standard InChI is InChI=1S/C75H103N19O15/c1-6-7-24-52(88-71(108)62(43(2)3)93-63(100)51(76)36-46-28-31-50(95)32-29-46)64(101)85-42-60(97)94-75(4,5)72(109)92-57(38-45-20-12-9-13-21-45)69(106)86-54(26-17-34-83-74(80)81)67(104)90-56(39-47-27-30-48-22-14-15-23-49(48)35-47)68(105)91-58(40-61(98)99)70(107)87-53(25-16-33-82-73(78)79)66(103)89-55(65(102)84-41-59(77)96)37-44-18-10-8-11-19-44/h8-15,18-23,27-32,35,43,51-58,62,95H,6-7,16-17,24-26,33-34,36-42,76H2,1-5H3,(H2,77,96)(H,84,102)(H,85,101)(H,86,106)(H,87,107)(H,88,108)(H,89,103)(H,90,104)(H,91,105)(H,92,109)(H,93,100)(H,94,97)(H,98,99)(H4,78,79,82)(H4,80,81,83)/t51-,52-,53-,54-,55-,56-,57-,58-,62-/m0/s1. The smallest absolute Gasteiger partial charge is 0.305 e. The third-order valence-electron chi connectivity index (χ3n) is 17.3. The van der Waals surface area contributed by atoms with Crippen LogP contribution in [0.15, 0.2) is 127 Å². The number of phenolic OH excluding ortho intramolecular Hbond substituents is 1. The number of rotatable bonds is 45. The number of fused-ring (bicyclic) bond motifs is 1. The van der Waals surface area contributed by atoms with Gasteiger partial charge in [-0.3, -0.25) is 73.1 Å². The van der Waals surface area contributed by atoms with Gasteiger partial charge in [0.15, 0.2) is 11.9 Å². The molecule has 0 bridgehead atoms. The molecule has 5 aromatic rings. The number of unbranched alkanes of at least 4 members (excludes halogenated alkanes) is 1. The lowest BCUT2D eigenvalue weighted by atomic mass is 9.99.